The number of primary amides is 1. The van der Waals surface area contributed by atoms with Crippen molar-refractivity contribution >= 4 is 17.7 Å². The van der Waals surface area contributed by atoms with Crippen LogP contribution in [0.15, 0.2) is 24.3 Å². The van der Waals surface area contributed by atoms with Gasteiger partial charge in [-0.15, -0.1) is 0 Å². The van der Waals surface area contributed by atoms with E-state index in [2.05, 4.69) is 0 Å². The van der Waals surface area contributed by atoms with E-state index >= 15 is 0 Å². The molecule has 7 nitrogen and oxygen atoms in total. The van der Waals surface area contributed by atoms with Crippen molar-refractivity contribution in [1.29, 1.82) is 0 Å². The number of hydrogen-bond donors (Lipinski definition) is 1. The summed E-state index contributed by atoms with van der Waals surface area (Å²) in [7, 11) is 0. The third kappa shape index (κ3) is 4.71. The maximum absolute atomic E-state index is 12.8. The van der Waals surface area contributed by atoms with E-state index in [-0.39, 0.29) is 18.4 Å². The van der Waals surface area contributed by atoms with Gasteiger partial charge in [0, 0.05) is 31.6 Å². The second kappa shape index (κ2) is 7.55. The zero-order valence-corrected chi connectivity index (χ0v) is 14.9. The first-order chi connectivity index (χ1) is 11.7. The average Bonchev–Trinajstić information content (AvgIpc) is 2.58. The molecule has 1 aliphatic rings. The van der Waals surface area contributed by atoms with E-state index in [9.17, 15) is 14.4 Å². The van der Waals surface area contributed by atoms with Crippen LogP contribution in [0.2, 0.25) is 0 Å². The number of piperazine rings is 1. The number of benzene rings is 1. The van der Waals surface area contributed by atoms with Crippen molar-refractivity contribution in [3.05, 3.63) is 29.8 Å². The first kappa shape index (κ1) is 18.8. The van der Waals surface area contributed by atoms with Crippen molar-refractivity contribution in [2.75, 3.05) is 32.8 Å². The Morgan fingerprint density at radius 2 is 1.60 bits per heavy atom. The van der Waals surface area contributed by atoms with Gasteiger partial charge in [0.2, 0.25) is 5.91 Å². The molecule has 7 heteroatoms. The molecule has 2 rings (SSSR count). The van der Waals surface area contributed by atoms with Gasteiger partial charge < -0.3 is 20.3 Å². The minimum Gasteiger partial charge on any atom is -0.483 e. The van der Waals surface area contributed by atoms with Crippen LogP contribution < -0.4 is 10.5 Å². The van der Waals surface area contributed by atoms with Crippen LogP contribution >= 0.6 is 0 Å². The second-order valence-corrected chi connectivity index (χ2v) is 7.09. The Labute approximate surface area is 147 Å². The maximum Gasteiger partial charge on any atom is 0.257 e. The molecule has 1 aromatic rings. The topological polar surface area (TPSA) is 92.9 Å². The molecule has 0 aliphatic carbocycles. The molecule has 0 spiro atoms. The highest BCUT2D eigenvalue weighted by Crippen LogP contribution is 2.22. The SMILES string of the molecule is CC(C)(C)C(=O)N1CCN(C(=O)c2ccccc2OCC(N)=O)CC1. The highest BCUT2D eigenvalue weighted by molar-refractivity contribution is 5.97. The number of nitrogens with zero attached hydrogens (tertiary/aromatic N) is 2. The number of carbonyl (C=O) groups excluding carboxylic acids is 3. The number of carbonyl (C=O) groups is 3. The number of nitrogens with two attached hydrogens (primary N) is 1. The molecule has 2 N–H and O–H groups in total. The molecule has 0 atom stereocenters. The van der Waals surface area contributed by atoms with Gasteiger partial charge in [-0.25, -0.2) is 0 Å². The van der Waals surface area contributed by atoms with E-state index in [1.165, 1.54) is 0 Å². The lowest BCUT2D eigenvalue weighted by atomic mass is 9.94. The highest BCUT2D eigenvalue weighted by atomic mass is 16.5. The summed E-state index contributed by atoms with van der Waals surface area (Å²) in [5, 5.41) is 0. The fourth-order valence-electron chi connectivity index (χ4n) is 2.68. The van der Waals surface area contributed by atoms with Crippen LogP contribution in [0.5, 0.6) is 5.75 Å². The Hall–Kier alpha value is -2.57. The molecule has 0 bridgehead atoms. The molecule has 0 aromatic heterocycles. The molecular formula is C18H25N3O4. The third-order valence-electron chi connectivity index (χ3n) is 3.98. The van der Waals surface area contributed by atoms with E-state index in [1.54, 1.807) is 34.1 Å². The fourth-order valence-corrected chi connectivity index (χ4v) is 2.68. The summed E-state index contributed by atoms with van der Waals surface area (Å²) in [5.41, 5.74) is 5.05. The maximum atomic E-state index is 12.8. The van der Waals surface area contributed by atoms with E-state index in [1.807, 2.05) is 20.8 Å². The summed E-state index contributed by atoms with van der Waals surface area (Å²) in [6.07, 6.45) is 0. The van der Waals surface area contributed by atoms with E-state index < -0.39 is 11.3 Å². The van der Waals surface area contributed by atoms with E-state index in [4.69, 9.17) is 10.5 Å². The standard InChI is InChI=1S/C18H25N3O4/c1-18(2,3)17(24)21-10-8-20(9-11-21)16(23)13-6-4-5-7-14(13)25-12-15(19)22/h4-7H,8-12H2,1-3H3,(H2,19,22). The van der Waals surface area contributed by atoms with Crippen molar-refractivity contribution < 1.29 is 19.1 Å². The first-order valence-corrected chi connectivity index (χ1v) is 8.29. The van der Waals surface area contributed by atoms with Crippen molar-refractivity contribution in [2.24, 2.45) is 11.1 Å². The zero-order chi connectivity index (χ0) is 18.6. The lowest BCUT2D eigenvalue weighted by Gasteiger charge is -2.37. The Balaban J connectivity index is 2.03. The Bertz CT molecular complexity index is 659. The quantitative estimate of drug-likeness (QED) is 0.875. The summed E-state index contributed by atoms with van der Waals surface area (Å²) in [6, 6.07) is 6.76. The Morgan fingerprint density at radius 3 is 2.16 bits per heavy atom. The Morgan fingerprint density at radius 1 is 1.04 bits per heavy atom. The molecule has 25 heavy (non-hydrogen) atoms. The van der Waals surface area contributed by atoms with Gasteiger partial charge in [-0.1, -0.05) is 32.9 Å². The zero-order valence-electron chi connectivity index (χ0n) is 14.9. The van der Waals surface area contributed by atoms with Crippen LogP contribution in [0, 0.1) is 5.41 Å². The van der Waals surface area contributed by atoms with Gasteiger partial charge >= 0.3 is 0 Å². The second-order valence-electron chi connectivity index (χ2n) is 7.09. The number of rotatable bonds is 4. The van der Waals surface area contributed by atoms with Gasteiger partial charge in [0.1, 0.15) is 5.75 Å². The summed E-state index contributed by atoms with van der Waals surface area (Å²) in [4.78, 5) is 39.5. The largest absolute Gasteiger partial charge is 0.483 e. The lowest BCUT2D eigenvalue weighted by Crippen LogP contribution is -2.53. The molecule has 0 radical (unpaired) electrons. The van der Waals surface area contributed by atoms with Crippen LogP contribution in [0.3, 0.4) is 0 Å². The van der Waals surface area contributed by atoms with Gasteiger partial charge in [-0.3, -0.25) is 14.4 Å². The van der Waals surface area contributed by atoms with Crippen LogP contribution in [0.4, 0.5) is 0 Å². The fraction of sp³-hybridized carbons (Fsp3) is 0.500. The monoisotopic (exact) mass is 347 g/mol. The van der Waals surface area contributed by atoms with Gasteiger partial charge in [-0.05, 0) is 12.1 Å². The van der Waals surface area contributed by atoms with E-state index in [0.29, 0.717) is 37.5 Å². The minimum absolute atomic E-state index is 0.0878. The van der Waals surface area contributed by atoms with Crippen molar-refractivity contribution in [3.8, 4) is 5.75 Å². The van der Waals surface area contributed by atoms with Crippen LogP contribution in [-0.2, 0) is 9.59 Å². The third-order valence-corrected chi connectivity index (χ3v) is 3.98. The average molecular weight is 347 g/mol. The number of hydrogen-bond acceptors (Lipinski definition) is 4. The molecule has 136 valence electrons. The van der Waals surface area contributed by atoms with Crippen molar-refractivity contribution in [3.63, 3.8) is 0 Å². The van der Waals surface area contributed by atoms with Crippen molar-refractivity contribution in [1.82, 2.24) is 9.80 Å². The molecule has 0 unspecified atom stereocenters. The molecule has 1 heterocycles. The summed E-state index contributed by atoms with van der Waals surface area (Å²) >= 11 is 0. The summed E-state index contributed by atoms with van der Waals surface area (Å²) < 4.78 is 5.33. The van der Waals surface area contributed by atoms with Gasteiger partial charge in [0.15, 0.2) is 6.61 Å². The van der Waals surface area contributed by atoms with Gasteiger partial charge in [-0.2, -0.15) is 0 Å². The smallest absolute Gasteiger partial charge is 0.257 e. The van der Waals surface area contributed by atoms with Gasteiger partial charge in [0.25, 0.3) is 11.8 Å². The molecule has 1 aromatic carbocycles. The highest BCUT2D eigenvalue weighted by Gasteiger charge is 2.31. The molecular weight excluding hydrogens is 322 g/mol. The lowest BCUT2D eigenvalue weighted by molar-refractivity contribution is -0.140. The van der Waals surface area contributed by atoms with Crippen LogP contribution in [0.25, 0.3) is 0 Å². The molecule has 1 aliphatic heterocycles. The predicted molar refractivity (Wildman–Crippen MR) is 93.1 cm³/mol. The van der Waals surface area contributed by atoms with Crippen molar-refractivity contribution in [2.45, 2.75) is 20.8 Å². The number of ether oxygens (including phenoxy) is 1. The van der Waals surface area contributed by atoms with Gasteiger partial charge in [0.05, 0.1) is 5.56 Å². The summed E-state index contributed by atoms with van der Waals surface area (Å²) in [5.74, 6) is -0.358. The first-order valence-electron chi connectivity index (χ1n) is 8.29. The van der Waals surface area contributed by atoms with Crippen LogP contribution in [-0.4, -0.2) is 60.3 Å². The number of amides is 3. The van der Waals surface area contributed by atoms with E-state index in [0.717, 1.165) is 0 Å². The number of para-hydroxylation sites is 1. The molecule has 3 amide bonds. The summed E-state index contributed by atoms with van der Waals surface area (Å²) in [6.45, 7) is 7.32. The molecule has 0 saturated carbocycles. The molecule has 1 saturated heterocycles. The minimum atomic E-state index is -0.600. The van der Waals surface area contributed by atoms with Crippen LogP contribution in [0.1, 0.15) is 31.1 Å². The normalized spacial score (nSPS) is 15.0. The molecule has 1 fully saturated rings. The predicted octanol–water partition coefficient (Wildman–Crippen LogP) is 0.881. The Kier molecular flexibility index (Phi) is 5.66.